The van der Waals surface area contributed by atoms with Crippen molar-refractivity contribution < 1.29 is 9.32 Å². The summed E-state index contributed by atoms with van der Waals surface area (Å²) in [6.45, 7) is 5.75. The third-order valence-corrected chi connectivity index (χ3v) is 3.12. The standard InChI is InChI=1S/C13H18N4O2/c1-5-11(12-8(2)16-19-9(12)3)15-13(18)10-6-14-17(4)7-10/h6-7,11H,5H2,1-4H3,(H,15,18). The summed E-state index contributed by atoms with van der Waals surface area (Å²) in [5, 5.41) is 10.9. The molecule has 1 atom stereocenters. The molecule has 0 spiro atoms. The van der Waals surface area contributed by atoms with Gasteiger partial charge in [0.2, 0.25) is 0 Å². The lowest BCUT2D eigenvalue weighted by Crippen LogP contribution is -2.28. The molecule has 0 aliphatic heterocycles. The first kappa shape index (κ1) is 13.3. The van der Waals surface area contributed by atoms with Gasteiger partial charge in [-0.1, -0.05) is 12.1 Å². The Bertz CT molecular complexity index is 566. The zero-order valence-electron chi connectivity index (χ0n) is 11.6. The normalized spacial score (nSPS) is 12.4. The molecule has 1 N–H and O–H groups in total. The van der Waals surface area contributed by atoms with Crippen molar-refractivity contribution in [1.29, 1.82) is 0 Å². The summed E-state index contributed by atoms with van der Waals surface area (Å²) < 4.78 is 6.75. The molecule has 0 fully saturated rings. The molecule has 2 aromatic heterocycles. The average molecular weight is 262 g/mol. The topological polar surface area (TPSA) is 73.0 Å². The number of aryl methyl sites for hydroxylation is 3. The van der Waals surface area contributed by atoms with Crippen LogP contribution in [-0.2, 0) is 7.05 Å². The van der Waals surface area contributed by atoms with Gasteiger partial charge in [-0.25, -0.2) is 0 Å². The molecule has 0 saturated heterocycles. The maximum Gasteiger partial charge on any atom is 0.254 e. The van der Waals surface area contributed by atoms with E-state index in [4.69, 9.17) is 4.52 Å². The average Bonchev–Trinajstić information content (AvgIpc) is 2.94. The Morgan fingerprint density at radius 1 is 1.53 bits per heavy atom. The second-order valence-electron chi connectivity index (χ2n) is 4.57. The van der Waals surface area contributed by atoms with E-state index in [1.165, 1.54) is 0 Å². The Hall–Kier alpha value is -2.11. The molecular weight excluding hydrogens is 244 g/mol. The van der Waals surface area contributed by atoms with Crippen molar-refractivity contribution >= 4 is 5.91 Å². The Kier molecular flexibility index (Phi) is 3.69. The minimum Gasteiger partial charge on any atom is -0.361 e. The van der Waals surface area contributed by atoms with Gasteiger partial charge in [-0.3, -0.25) is 9.48 Å². The SMILES string of the molecule is CCC(NC(=O)c1cnn(C)c1)c1c(C)noc1C. The molecular formula is C13H18N4O2. The molecule has 19 heavy (non-hydrogen) atoms. The van der Waals surface area contributed by atoms with E-state index in [9.17, 15) is 4.79 Å². The molecule has 102 valence electrons. The molecule has 0 saturated carbocycles. The van der Waals surface area contributed by atoms with Crippen molar-refractivity contribution in [2.24, 2.45) is 7.05 Å². The Labute approximate surface area is 111 Å². The molecule has 0 radical (unpaired) electrons. The monoisotopic (exact) mass is 262 g/mol. The maximum atomic E-state index is 12.1. The van der Waals surface area contributed by atoms with Crippen LogP contribution in [0.1, 0.15) is 46.8 Å². The molecule has 1 amide bonds. The summed E-state index contributed by atoms with van der Waals surface area (Å²) in [6.07, 6.45) is 4.01. The Morgan fingerprint density at radius 2 is 2.26 bits per heavy atom. The third kappa shape index (κ3) is 2.67. The highest BCUT2D eigenvalue weighted by molar-refractivity contribution is 5.93. The van der Waals surface area contributed by atoms with E-state index in [2.05, 4.69) is 15.6 Å². The summed E-state index contributed by atoms with van der Waals surface area (Å²) >= 11 is 0. The van der Waals surface area contributed by atoms with Crippen LogP contribution in [0.4, 0.5) is 0 Å². The number of hydrogen-bond donors (Lipinski definition) is 1. The van der Waals surface area contributed by atoms with Gasteiger partial charge in [-0.2, -0.15) is 5.10 Å². The largest absolute Gasteiger partial charge is 0.361 e. The minimum atomic E-state index is -0.139. The molecule has 2 aromatic rings. The van der Waals surface area contributed by atoms with Crippen LogP contribution >= 0.6 is 0 Å². The van der Waals surface area contributed by atoms with Crippen LogP contribution in [0.25, 0.3) is 0 Å². The smallest absolute Gasteiger partial charge is 0.254 e. The quantitative estimate of drug-likeness (QED) is 0.913. The molecule has 2 heterocycles. The van der Waals surface area contributed by atoms with E-state index in [1.54, 1.807) is 24.1 Å². The van der Waals surface area contributed by atoms with Crippen LogP contribution in [-0.4, -0.2) is 20.8 Å². The van der Waals surface area contributed by atoms with E-state index in [0.717, 1.165) is 23.4 Å². The first-order valence-corrected chi connectivity index (χ1v) is 6.25. The molecule has 0 aromatic carbocycles. The number of carbonyl (C=O) groups is 1. The van der Waals surface area contributed by atoms with Gasteiger partial charge in [0.25, 0.3) is 5.91 Å². The van der Waals surface area contributed by atoms with Gasteiger partial charge in [-0.05, 0) is 20.3 Å². The summed E-state index contributed by atoms with van der Waals surface area (Å²) in [6, 6.07) is -0.0982. The Balaban J connectivity index is 2.18. The van der Waals surface area contributed by atoms with Crippen molar-refractivity contribution in [2.75, 3.05) is 0 Å². The van der Waals surface area contributed by atoms with E-state index < -0.39 is 0 Å². The number of rotatable bonds is 4. The summed E-state index contributed by atoms with van der Waals surface area (Å²) in [7, 11) is 1.78. The number of carbonyl (C=O) groups excluding carboxylic acids is 1. The predicted octanol–water partition coefficient (Wildman–Crippen LogP) is 1.91. The van der Waals surface area contributed by atoms with Crippen LogP contribution in [0.2, 0.25) is 0 Å². The number of hydrogen-bond acceptors (Lipinski definition) is 4. The number of aromatic nitrogens is 3. The van der Waals surface area contributed by atoms with Gasteiger partial charge in [0.1, 0.15) is 5.76 Å². The minimum absolute atomic E-state index is 0.0982. The highest BCUT2D eigenvalue weighted by Crippen LogP contribution is 2.24. The molecule has 2 rings (SSSR count). The van der Waals surface area contributed by atoms with Gasteiger partial charge < -0.3 is 9.84 Å². The van der Waals surface area contributed by atoms with Crippen molar-refractivity contribution in [1.82, 2.24) is 20.3 Å². The Morgan fingerprint density at radius 3 is 2.74 bits per heavy atom. The van der Waals surface area contributed by atoms with Crippen LogP contribution in [0, 0.1) is 13.8 Å². The first-order valence-electron chi connectivity index (χ1n) is 6.25. The lowest BCUT2D eigenvalue weighted by atomic mass is 10.0. The van der Waals surface area contributed by atoms with E-state index in [0.29, 0.717) is 5.56 Å². The summed E-state index contributed by atoms with van der Waals surface area (Å²) in [5.41, 5.74) is 2.32. The predicted molar refractivity (Wildman–Crippen MR) is 69.7 cm³/mol. The van der Waals surface area contributed by atoms with E-state index in [1.807, 2.05) is 20.8 Å². The summed E-state index contributed by atoms with van der Waals surface area (Å²) in [5.74, 6) is 0.607. The van der Waals surface area contributed by atoms with Gasteiger partial charge >= 0.3 is 0 Å². The van der Waals surface area contributed by atoms with Crippen molar-refractivity contribution in [3.8, 4) is 0 Å². The van der Waals surface area contributed by atoms with Gasteiger partial charge in [-0.15, -0.1) is 0 Å². The zero-order chi connectivity index (χ0) is 14.0. The highest BCUT2D eigenvalue weighted by Gasteiger charge is 2.21. The molecule has 1 unspecified atom stereocenters. The zero-order valence-corrected chi connectivity index (χ0v) is 11.6. The maximum absolute atomic E-state index is 12.1. The van der Waals surface area contributed by atoms with Gasteiger partial charge in [0.15, 0.2) is 0 Å². The molecule has 6 nitrogen and oxygen atoms in total. The van der Waals surface area contributed by atoms with Crippen molar-refractivity contribution in [3.05, 3.63) is 35.0 Å². The molecule has 0 aliphatic rings. The highest BCUT2D eigenvalue weighted by atomic mass is 16.5. The second-order valence-corrected chi connectivity index (χ2v) is 4.57. The number of amides is 1. The van der Waals surface area contributed by atoms with E-state index in [-0.39, 0.29) is 11.9 Å². The van der Waals surface area contributed by atoms with Gasteiger partial charge in [0, 0.05) is 18.8 Å². The van der Waals surface area contributed by atoms with Gasteiger partial charge in [0.05, 0.1) is 23.5 Å². The van der Waals surface area contributed by atoms with Crippen LogP contribution in [0.15, 0.2) is 16.9 Å². The third-order valence-electron chi connectivity index (χ3n) is 3.12. The molecule has 0 bridgehead atoms. The second kappa shape index (κ2) is 5.26. The molecule has 6 heteroatoms. The number of nitrogens with zero attached hydrogens (tertiary/aromatic N) is 3. The fourth-order valence-electron chi connectivity index (χ4n) is 2.15. The molecule has 0 aliphatic carbocycles. The van der Waals surface area contributed by atoms with Crippen LogP contribution in [0.5, 0.6) is 0 Å². The van der Waals surface area contributed by atoms with E-state index >= 15 is 0 Å². The lowest BCUT2D eigenvalue weighted by molar-refractivity contribution is 0.0935. The van der Waals surface area contributed by atoms with Crippen molar-refractivity contribution in [3.63, 3.8) is 0 Å². The summed E-state index contributed by atoms with van der Waals surface area (Å²) in [4.78, 5) is 12.1. The first-order chi connectivity index (χ1) is 9.02. The van der Waals surface area contributed by atoms with Crippen LogP contribution < -0.4 is 5.32 Å². The van der Waals surface area contributed by atoms with Crippen molar-refractivity contribution in [2.45, 2.75) is 33.2 Å². The van der Waals surface area contributed by atoms with Crippen LogP contribution in [0.3, 0.4) is 0 Å². The lowest BCUT2D eigenvalue weighted by Gasteiger charge is -2.16. The number of nitrogens with one attached hydrogen (secondary N) is 1. The fraction of sp³-hybridized carbons (Fsp3) is 0.462. The fourth-order valence-corrected chi connectivity index (χ4v) is 2.15.